The first kappa shape index (κ1) is 17.3. The smallest absolute Gasteiger partial charge is 0.138 e. The van der Waals surface area contributed by atoms with Gasteiger partial charge in [-0.25, -0.2) is 0 Å². The second kappa shape index (κ2) is 8.06. The Balaban J connectivity index is 1.51. The van der Waals surface area contributed by atoms with Gasteiger partial charge in [0.2, 0.25) is 0 Å². The molecule has 126 valence electrons. The van der Waals surface area contributed by atoms with Gasteiger partial charge in [0, 0.05) is 23.6 Å². The number of ether oxygens (including phenoxy) is 2. The molecule has 6 heteroatoms. The zero-order chi connectivity index (χ0) is 16.9. The molecule has 1 N–H and O–H groups in total. The van der Waals surface area contributed by atoms with E-state index in [0.29, 0.717) is 46.4 Å². The summed E-state index contributed by atoms with van der Waals surface area (Å²) in [5.74, 6) is 2.48. The topological polar surface area (TPSA) is 30.5 Å². The van der Waals surface area contributed by atoms with E-state index in [4.69, 9.17) is 44.9 Å². The first-order valence-corrected chi connectivity index (χ1v) is 8.92. The average molecular weight is 382 g/mol. The van der Waals surface area contributed by atoms with E-state index >= 15 is 0 Å². The molecule has 1 fully saturated rings. The van der Waals surface area contributed by atoms with Crippen molar-refractivity contribution in [1.29, 1.82) is 0 Å². The fourth-order valence-corrected chi connectivity index (χ4v) is 2.90. The van der Waals surface area contributed by atoms with Gasteiger partial charge in [0.25, 0.3) is 0 Å². The van der Waals surface area contributed by atoms with Crippen molar-refractivity contribution in [2.45, 2.75) is 12.8 Å². The minimum absolute atomic E-state index is 0.499. The van der Waals surface area contributed by atoms with E-state index in [1.165, 1.54) is 12.8 Å². The third-order valence-electron chi connectivity index (χ3n) is 3.54. The molecular formula is C18H17Cl2NO2S. The Hall–Kier alpha value is -1.49. The highest BCUT2D eigenvalue weighted by Crippen LogP contribution is 2.32. The van der Waals surface area contributed by atoms with Gasteiger partial charge in [0.15, 0.2) is 0 Å². The molecule has 24 heavy (non-hydrogen) atoms. The van der Waals surface area contributed by atoms with Crippen molar-refractivity contribution in [2.75, 3.05) is 13.2 Å². The van der Waals surface area contributed by atoms with Crippen molar-refractivity contribution in [2.24, 2.45) is 5.92 Å². The molecule has 2 aromatic rings. The lowest BCUT2D eigenvalue weighted by atomic mass is 10.3. The molecule has 0 aliphatic heterocycles. The normalized spacial score (nSPS) is 13.4. The third-order valence-corrected chi connectivity index (χ3v) is 4.55. The molecule has 0 bridgehead atoms. The molecule has 3 nitrogen and oxygen atoms in total. The van der Waals surface area contributed by atoms with E-state index in [9.17, 15) is 0 Å². The minimum atomic E-state index is 0.499. The van der Waals surface area contributed by atoms with Crippen LogP contribution < -0.4 is 14.8 Å². The van der Waals surface area contributed by atoms with Gasteiger partial charge in [0.05, 0.1) is 10.0 Å². The van der Waals surface area contributed by atoms with E-state index in [2.05, 4.69) is 5.32 Å². The van der Waals surface area contributed by atoms with E-state index in [0.717, 1.165) is 4.99 Å². The second-order valence-corrected chi connectivity index (χ2v) is 6.85. The third kappa shape index (κ3) is 5.00. The quantitative estimate of drug-likeness (QED) is 0.507. The molecule has 0 saturated heterocycles. The average Bonchev–Trinajstić information content (AvgIpc) is 3.38. The fourth-order valence-electron chi connectivity index (χ4n) is 2.15. The van der Waals surface area contributed by atoms with Crippen LogP contribution in [0.15, 0.2) is 42.5 Å². The predicted octanol–water partition coefficient (Wildman–Crippen LogP) is 5.49. The number of rotatable bonds is 7. The van der Waals surface area contributed by atoms with Crippen molar-refractivity contribution in [3.63, 3.8) is 0 Å². The van der Waals surface area contributed by atoms with Crippen molar-refractivity contribution in [3.8, 4) is 17.2 Å². The van der Waals surface area contributed by atoms with Gasteiger partial charge in [-0.2, -0.15) is 0 Å². The van der Waals surface area contributed by atoms with Gasteiger partial charge in [-0.15, -0.1) is 0 Å². The number of halogens is 2. The lowest BCUT2D eigenvalue weighted by molar-refractivity contribution is 0.322. The number of benzene rings is 2. The fraction of sp³-hybridized carbons (Fsp3) is 0.278. The van der Waals surface area contributed by atoms with Crippen molar-refractivity contribution in [3.05, 3.63) is 52.5 Å². The molecule has 0 atom stereocenters. The van der Waals surface area contributed by atoms with Crippen LogP contribution in [-0.2, 0) is 0 Å². The lowest BCUT2D eigenvalue weighted by Gasteiger charge is -2.12. The monoisotopic (exact) mass is 381 g/mol. The molecular weight excluding hydrogens is 365 g/mol. The number of nitrogens with one attached hydrogen (secondary N) is 1. The first-order valence-electron chi connectivity index (χ1n) is 7.75. The summed E-state index contributed by atoms with van der Waals surface area (Å²) in [4.78, 5) is 0.940. The van der Waals surface area contributed by atoms with E-state index in [-0.39, 0.29) is 0 Å². The summed E-state index contributed by atoms with van der Waals surface area (Å²) in [6, 6.07) is 12.5. The van der Waals surface area contributed by atoms with Crippen LogP contribution in [0, 0.1) is 5.92 Å². The molecule has 1 aliphatic rings. The highest BCUT2D eigenvalue weighted by atomic mass is 35.5. The summed E-state index contributed by atoms with van der Waals surface area (Å²) in [6.45, 7) is 1.17. The van der Waals surface area contributed by atoms with Crippen LogP contribution in [0.4, 0.5) is 0 Å². The molecule has 2 aromatic carbocycles. The van der Waals surface area contributed by atoms with Gasteiger partial charge in [-0.3, -0.25) is 0 Å². The summed E-state index contributed by atoms with van der Waals surface area (Å²) in [6.07, 6.45) is 2.40. The van der Waals surface area contributed by atoms with Crippen LogP contribution in [0.2, 0.25) is 10.0 Å². The van der Waals surface area contributed by atoms with Gasteiger partial charge in [-0.05, 0) is 43.2 Å². The maximum absolute atomic E-state index is 6.25. The van der Waals surface area contributed by atoms with E-state index < -0.39 is 0 Å². The van der Waals surface area contributed by atoms with E-state index in [1.807, 2.05) is 18.2 Å². The van der Waals surface area contributed by atoms with Crippen molar-refractivity contribution < 1.29 is 9.47 Å². The van der Waals surface area contributed by atoms with Crippen LogP contribution in [0.5, 0.6) is 17.2 Å². The summed E-state index contributed by atoms with van der Waals surface area (Å²) in [5.41, 5.74) is 0. The van der Waals surface area contributed by atoms with Gasteiger partial charge >= 0.3 is 0 Å². The molecule has 0 amide bonds. The number of thiocarbonyl (C=S) groups is 1. The Morgan fingerprint density at radius 1 is 1.12 bits per heavy atom. The molecule has 0 radical (unpaired) electrons. The highest BCUT2D eigenvalue weighted by molar-refractivity contribution is 7.80. The van der Waals surface area contributed by atoms with Gasteiger partial charge < -0.3 is 14.8 Å². The van der Waals surface area contributed by atoms with Crippen LogP contribution in [0.3, 0.4) is 0 Å². The predicted molar refractivity (Wildman–Crippen MR) is 102 cm³/mol. The SMILES string of the molecule is S=C(NCCOc1ccc(Oc2cccc(Cl)c2)cc1Cl)C1CC1. The Labute approximate surface area is 156 Å². The first-order chi connectivity index (χ1) is 11.6. The maximum atomic E-state index is 6.25. The summed E-state index contributed by atoms with van der Waals surface area (Å²) in [5, 5.41) is 4.33. The molecule has 0 aromatic heterocycles. The molecule has 1 saturated carbocycles. The standard InChI is InChI=1S/C18H17Cl2NO2S/c19-13-2-1-3-14(10-13)23-15-6-7-17(16(20)11-15)22-9-8-21-18(24)12-4-5-12/h1-3,6-7,10-12H,4-5,8-9H2,(H,21,24). The van der Waals surface area contributed by atoms with Crippen LogP contribution in [-0.4, -0.2) is 18.1 Å². The molecule has 3 rings (SSSR count). The van der Waals surface area contributed by atoms with Crippen molar-refractivity contribution >= 4 is 40.4 Å². The summed E-state index contributed by atoms with van der Waals surface area (Å²) >= 11 is 17.5. The largest absolute Gasteiger partial charge is 0.490 e. The van der Waals surface area contributed by atoms with E-state index in [1.54, 1.807) is 24.3 Å². The molecule has 0 heterocycles. The number of hydrogen-bond acceptors (Lipinski definition) is 3. The second-order valence-electron chi connectivity index (χ2n) is 5.57. The maximum Gasteiger partial charge on any atom is 0.138 e. The Kier molecular flexibility index (Phi) is 5.82. The Bertz CT molecular complexity index is 735. The van der Waals surface area contributed by atoms with Gasteiger partial charge in [-0.1, -0.05) is 41.5 Å². The molecule has 0 spiro atoms. The Morgan fingerprint density at radius 2 is 1.92 bits per heavy atom. The zero-order valence-corrected chi connectivity index (χ0v) is 15.3. The van der Waals surface area contributed by atoms with Crippen LogP contribution in [0.25, 0.3) is 0 Å². The number of hydrogen-bond donors (Lipinski definition) is 1. The molecule has 0 unspecified atom stereocenters. The zero-order valence-electron chi connectivity index (χ0n) is 12.9. The van der Waals surface area contributed by atoms with Crippen LogP contribution >= 0.6 is 35.4 Å². The van der Waals surface area contributed by atoms with Gasteiger partial charge in [0.1, 0.15) is 23.9 Å². The van der Waals surface area contributed by atoms with Crippen molar-refractivity contribution in [1.82, 2.24) is 5.32 Å². The Morgan fingerprint density at radius 3 is 2.62 bits per heavy atom. The minimum Gasteiger partial charge on any atom is -0.490 e. The summed E-state index contributed by atoms with van der Waals surface area (Å²) in [7, 11) is 0. The van der Waals surface area contributed by atoms with Crippen LogP contribution in [0.1, 0.15) is 12.8 Å². The highest BCUT2D eigenvalue weighted by Gasteiger charge is 2.25. The lowest BCUT2D eigenvalue weighted by Crippen LogP contribution is -2.27. The summed E-state index contributed by atoms with van der Waals surface area (Å²) < 4.78 is 11.4. The molecule has 1 aliphatic carbocycles.